The van der Waals surface area contributed by atoms with Gasteiger partial charge in [0.25, 0.3) is 0 Å². The summed E-state index contributed by atoms with van der Waals surface area (Å²) >= 11 is 1.36. The molecule has 0 radical (unpaired) electrons. The highest BCUT2D eigenvalue weighted by Gasteiger charge is 2.17. The van der Waals surface area contributed by atoms with Crippen molar-refractivity contribution in [3.63, 3.8) is 0 Å². The molecule has 0 spiro atoms. The number of carbonyl (C=O) groups is 2. The van der Waals surface area contributed by atoms with Gasteiger partial charge in [-0.3, -0.25) is 14.5 Å². The first-order valence-corrected chi connectivity index (χ1v) is 12.1. The van der Waals surface area contributed by atoms with Gasteiger partial charge in [-0.2, -0.15) is 0 Å². The molecule has 0 atom stereocenters. The SMILES string of the molecule is CC(=O)N(c1ccccc1)c1nc(C=CC(=O)N(C)Cc2ccc(N3CCOCC3)cc2)cs1. The summed E-state index contributed by atoms with van der Waals surface area (Å²) in [6.07, 6.45) is 3.20. The van der Waals surface area contributed by atoms with Crippen molar-refractivity contribution >= 4 is 45.7 Å². The van der Waals surface area contributed by atoms with Gasteiger partial charge in [0, 0.05) is 50.7 Å². The van der Waals surface area contributed by atoms with E-state index in [1.807, 2.05) is 35.7 Å². The molecule has 3 aromatic rings. The maximum absolute atomic E-state index is 12.6. The minimum Gasteiger partial charge on any atom is -0.378 e. The zero-order chi connectivity index (χ0) is 23.9. The summed E-state index contributed by atoms with van der Waals surface area (Å²) < 4.78 is 5.41. The van der Waals surface area contributed by atoms with Crippen molar-refractivity contribution in [1.82, 2.24) is 9.88 Å². The number of morpholine rings is 1. The average Bonchev–Trinajstić information content (AvgIpc) is 3.32. The summed E-state index contributed by atoms with van der Waals surface area (Å²) in [6, 6.07) is 17.7. The Morgan fingerprint density at radius 1 is 1.09 bits per heavy atom. The van der Waals surface area contributed by atoms with Gasteiger partial charge in [-0.25, -0.2) is 4.98 Å². The Bertz CT molecular complexity index is 1140. The number of hydrogen-bond acceptors (Lipinski definition) is 6. The largest absolute Gasteiger partial charge is 0.378 e. The first kappa shape index (κ1) is 23.7. The van der Waals surface area contributed by atoms with Gasteiger partial charge in [0.15, 0.2) is 5.13 Å². The molecule has 34 heavy (non-hydrogen) atoms. The number of amides is 2. The van der Waals surface area contributed by atoms with Crippen LogP contribution < -0.4 is 9.80 Å². The maximum atomic E-state index is 12.6. The first-order chi connectivity index (χ1) is 16.5. The lowest BCUT2D eigenvalue weighted by Crippen LogP contribution is -2.36. The molecular weight excluding hydrogens is 448 g/mol. The molecule has 2 aromatic carbocycles. The fourth-order valence-electron chi connectivity index (χ4n) is 3.73. The molecular formula is C26H28N4O3S. The number of thiazole rings is 1. The van der Waals surface area contributed by atoms with Crippen molar-refractivity contribution < 1.29 is 14.3 Å². The Kier molecular flexibility index (Phi) is 7.72. The van der Waals surface area contributed by atoms with Gasteiger partial charge in [0.1, 0.15) is 0 Å². The summed E-state index contributed by atoms with van der Waals surface area (Å²) in [5, 5.41) is 2.40. The molecule has 0 bridgehead atoms. The lowest BCUT2D eigenvalue weighted by atomic mass is 10.1. The number of benzene rings is 2. The molecule has 0 aliphatic carbocycles. The summed E-state index contributed by atoms with van der Waals surface area (Å²) in [4.78, 5) is 34.9. The number of likely N-dealkylation sites (N-methyl/N-ethyl adjacent to an activating group) is 1. The molecule has 1 saturated heterocycles. The Morgan fingerprint density at radius 3 is 2.47 bits per heavy atom. The summed E-state index contributed by atoms with van der Waals surface area (Å²) in [7, 11) is 1.78. The van der Waals surface area contributed by atoms with Crippen molar-refractivity contribution in [2.45, 2.75) is 13.5 Å². The van der Waals surface area contributed by atoms with E-state index in [1.165, 1.54) is 30.0 Å². The van der Waals surface area contributed by atoms with Crippen LogP contribution in [0.4, 0.5) is 16.5 Å². The monoisotopic (exact) mass is 476 g/mol. The van der Waals surface area contributed by atoms with Crippen molar-refractivity contribution in [2.24, 2.45) is 0 Å². The molecule has 1 fully saturated rings. The zero-order valence-corrected chi connectivity index (χ0v) is 20.2. The van der Waals surface area contributed by atoms with Gasteiger partial charge in [-0.1, -0.05) is 30.3 Å². The number of ether oxygens (including phenoxy) is 1. The van der Waals surface area contributed by atoms with E-state index in [9.17, 15) is 9.59 Å². The molecule has 2 heterocycles. The molecule has 8 heteroatoms. The predicted molar refractivity (Wildman–Crippen MR) is 136 cm³/mol. The maximum Gasteiger partial charge on any atom is 0.246 e. The van der Waals surface area contributed by atoms with Crippen molar-refractivity contribution in [3.8, 4) is 0 Å². The van der Waals surface area contributed by atoms with Crippen LogP contribution >= 0.6 is 11.3 Å². The van der Waals surface area contributed by atoms with Crippen molar-refractivity contribution in [2.75, 3.05) is 43.2 Å². The molecule has 0 N–H and O–H groups in total. The quantitative estimate of drug-likeness (QED) is 0.475. The average molecular weight is 477 g/mol. The van der Waals surface area contributed by atoms with Gasteiger partial charge in [-0.15, -0.1) is 11.3 Å². The third-order valence-corrected chi connectivity index (χ3v) is 6.38. The summed E-state index contributed by atoms with van der Waals surface area (Å²) in [6.45, 7) is 5.33. The predicted octanol–water partition coefficient (Wildman–Crippen LogP) is 4.34. The van der Waals surface area contributed by atoms with Crippen molar-refractivity contribution in [1.29, 1.82) is 0 Å². The van der Waals surface area contributed by atoms with Crippen LogP contribution in [0.15, 0.2) is 66.1 Å². The van der Waals surface area contributed by atoms with E-state index in [1.54, 1.807) is 22.9 Å². The van der Waals surface area contributed by atoms with Gasteiger partial charge >= 0.3 is 0 Å². The van der Waals surface area contributed by atoms with E-state index >= 15 is 0 Å². The summed E-state index contributed by atoms with van der Waals surface area (Å²) in [5.41, 5.74) is 3.64. The summed E-state index contributed by atoms with van der Waals surface area (Å²) in [5.74, 6) is -0.232. The number of rotatable bonds is 7. The third-order valence-electron chi connectivity index (χ3n) is 5.54. The highest BCUT2D eigenvalue weighted by molar-refractivity contribution is 7.14. The lowest BCUT2D eigenvalue weighted by molar-refractivity contribution is -0.125. The van der Waals surface area contributed by atoms with Gasteiger partial charge in [0.05, 0.1) is 24.6 Å². The molecule has 0 unspecified atom stereocenters. The Hall–Kier alpha value is -3.49. The number of carbonyl (C=O) groups excluding carboxylic acids is 2. The van der Waals surface area contributed by atoms with Crippen LogP contribution in [0.25, 0.3) is 6.08 Å². The number of hydrogen-bond donors (Lipinski definition) is 0. The first-order valence-electron chi connectivity index (χ1n) is 11.2. The molecule has 0 saturated carbocycles. The fraction of sp³-hybridized carbons (Fsp3) is 0.269. The van der Waals surface area contributed by atoms with Crippen LogP contribution in [0.1, 0.15) is 18.2 Å². The fourth-order valence-corrected chi connectivity index (χ4v) is 4.58. The molecule has 7 nitrogen and oxygen atoms in total. The van der Waals surface area contributed by atoms with E-state index in [-0.39, 0.29) is 11.8 Å². The highest BCUT2D eigenvalue weighted by atomic mass is 32.1. The third kappa shape index (κ3) is 5.89. The second-order valence-electron chi connectivity index (χ2n) is 8.04. The van der Waals surface area contributed by atoms with Crippen LogP contribution in [0.3, 0.4) is 0 Å². The standard InChI is InChI=1S/C26H28N4O3S/c1-20(31)30(24-6-4-3-5-7-24)26-27-22(19-34-26)10-13-25(32)28(2)18-21-8-11-23(12-9-21)29-14-16-33-17-15-29/h3-13,19H,14-18H2,1-2H3. The van der Waals surface area contributed by atoms with Crippen LogP contribution in [-0.4, -0.2) is 55.0 Å². The molecule has 1 aliphatic rings. The van der Waals surface area contributed by atoms with Crippen molar-refractivity contribution in [3.05, 3.63) is 77.3 Å². The normalized spacial score (nSPS) is 13.8. The second-order valence-corrected chi connectivity index (χ2v) is 8.87. The van der Waals surface area contributed by atoms with Gasteiger partial charge in [-0.05, 0) is 35.9 Å². The van der Waals surface area contributed by atoms with Crippen LogP contribution in [0, 0.1) is 0 Å². The smallest absolute Gasteiger partial charge is 0.246 e. The zero-order valence-electron chi connectivity index (χ0n) is 19.4. The molecule has 2 amide bonds. The number of anilines is 3. The van der Waals surface area contributed by atoms with Gasteiger partial charge in [0.2, 0.25) is 11.8 Å². The second kappa shape index (κ2) is 11.1. The number of aromatic nitrogens is 1. The Labute approximate surface area is 203 Å². The molecule has 1 aromatic heterocycles. The van der Waals surface area contributed by atoms with Crippen LogP contribution in [-0.2, 0) is 20.9 Å². The highest BCUT2D eigenvalue weighted by Crippen LogP contribution is 2.29. The van der Waals surface area contributed by atoms with Crippen LogP contribution in [0.5, 0.6) is 0 Å². The Morgan fingerprint density at radius 2 is 1.79 bits per heavy atom. The minimum absolute atomic E-state index is 0.113. The van der Waals surface area contributed by atoms with Crippen LogP contribution in [0.2, 0.25) is 0 Å². The molecule has 176 valence electrons. The Balaban J connectivity index is 1.36. The van der Waals surface area contributed by atoms with E-state index in [0.717, 1.165) is 37.6 Å². The molecule has 1 aliphatic heterocycles. The van der Waals surface area contributed by atoms with E-state index in [2.05, 4.69) is 34.1 Å². The van der Waals surface area contributed by atoms with Gasteiger partial charge < -0.3 is 14.5 Å². The minimum atomic E-state index is -0.119. The van der Waals surface area contributed by atoms with E-state index in [0.29, 0.717) is 17.4 Å². The number of nitrogens with zero attached hydrogens (tertiary/aromatic N) is 4. The topological polar surface area (TPSA) is 66.0 Å². The molecule has 4 rings (SSSR count). The number of para-hydroxylation sites is 1. The van der Waals surface area contributed by atoms with E-state index in [4.69, 9.17) is 4.74 Å². The lowest BCUT2D eigenvalue weighted by Gasteiger charge is -2.29. The van der Waals surface area contributed by atoms with E-state index < -0.39 is 0 Å².